The summed E-state index contributed by atoms with van der Waals surface area (Å²) in [6, 6.07) is 7.58. The molecule has 0 aliphatic carbocycles. The van der Waals surface area contributed by atoms with Gasteiger partial charge in [-0.15, -0.1) is 0 Å². The molecular formula is C20H24N8O2S2. The van der Waals surface area contributed by atoms with Gasteiger partial charge in [0, 0.05) is 55.9 Å². The van der Waals surface area contributed by atoms with Gasteiger partial charge in [-0.25, -0.2) is 23.4 Å². The molecule has 4 heterocycles. The van der Waals surface area contributed by atoms with Gasteiger partial charge >= 0.3 is 0 Å². The highest BCUT2D eigenvalue weighted by molar-refractivity contribution is 7.88. The number of nitrogens with two attached hydrogens (primary N) is 2. The number of pyridine rings is 2. The third-order valence-electron chi connectivity index (χ3n) is 5.06. The van der Waals surface area contributed by atoms with Gasteiger partial charge in [-0.1, -0.05) is 11.3 Å². The average Bonchev–Trinajstić information content (AvgIpc) is 3.18. The summed E-state index contributed by atoms with van der Waals surface area (Å²) >= 11 is 1.41. The van der Waals surface area contributed by atoms with Crippen LogP contribution in [0, 0.1) is 0 Å². The molecule has 3 aromatic heterocycles. The van der Waals surface area contributed by atoms with Crippen molar-refractivity contribution >= 4 is 53.9 Å². The first-order valence-electron chi connectivity index (χ1n) is 9.88. The van der Waals surface area contributed by atoms with E-state index < -0.39 is 10.0 Å². The van der Waals surface area contributed by atoms with E-state index in [1.807, 2.05) is 24.3 Å². The number of aromatic nitrogens is 3. The molecular weight excluding hydrogens is 448 g/mol. The number of nitrogens with one attached hydrogen (secondary N) is 1. The minimum atomic E-state index is -3.16. The van der Waals surface area contributed by atoms with Crippen molar-refractivity contribution in [2.75, 3.05) is 42.7 Å². The number of allylic oxidation sites excluding steroid dienone is 2. The number of hydrogen-bond donors (Lipinski definition) is 3. The SMILES string of the molecule is CS(=O)(=O)N1CCN(c2ccnc(Nc3nc4ccc(C(/C=C\N)=C/N)nc4s3)c2)CC1. The average molecular weight is 473 g/mol. The lowest BCUT2D eigenvalue weighted by atomic mass is 10.2. The van der Waals surface area contributed by atoms with E-state index in [4.69, 9.17) is 11.5 Å². The summed E-state index contributed by atoms with van der Waals surface area (Å²) in [5.41, 5.74) is 14.3. The first-order valence-corrected chi connectivity index (χ1v) is 12.5. The van der Waals surface area contributed by atoms with Crippen LogP contribution in [0.4, 0.5) is 16.6 Å². The summed E-state index contributed by atoms with van der Waals surface area (Å²) < 4.78 is 25.0. The Morgan fingerprint density at radius 3 is 2.62 bits per heavy atom. The molecule has 0 unspecified atom stereocenters. The fraction of sp³-hybridized carbons (Fsp3) is 0.250. The van der Waals surface area contributed by atoms with Crippen LogP contribution in [0.15, 0.2) is 48.9 Å². The first-order chi connectivity index (χ1) is 15.4. The zero-order valence-corrected chi connectivity index (χ0v) is 19.1. The Morgan fingerprint density at radius 2 is 1.94 bits per heavy atom. The molecule has 1 aliphatic heterocycles. The molecule has 32 heavy (non-hydrogen) atoms. The van der Waals surface area contributed by atoms with Crippen LogP contribution >= 0.6 is 11.3 Å². The summed E-state index contributed by atoms with van der Waals surface area (Å²) in [5.74, 6) is 0.654. The van der Waals surface area contributed by atoms with Crippen molar-refractivity contribution in [3.63, 3.8) is 0 Å². The lowest BCUT2D eigenvalue weighted by Gasteiger charge is -2.34. The van der Waals surface area contributed by atoms with Crippen LogP contribution in [0.2, 0.25) is 0 Å². The predicted molar refractivity (Wildman–Crippen MR) is 129 cm³/mol. The smallest absolute Gasteiger partial charge is 0.211 e. The Hall–Kier alpha value is -3.22. The second-order valence-corrected chi connectivity index (χ2v) is 10.2. The maximum Gasteiger partial charge on any atom is 0.211 e. The molecule has 1 saturated heterocycles. The van der Waals surface area contributed by atoms with Crippen molar-refractivity contribution in [3.8, 4) is 0 Å². The van der Waals surface area contributed by atoms with Crippen molar-refractivity contribution in [2.24, 2.45) is 11.5 Å². The molecule has 0 bridgehead atoms. The number of fused-ring (bicyclic) bond motifs is 1. The van der Waals surface area contributed by atoms with E-state index in [2.05, 4.69) is 25.2 Å². The topological polar surface area (TPSA) is 143 Å². The molecule has 10 nitrogen and oxygen atoms in total. The number of thiazole rings is 1. The summed E-state index contributed by atoms with van der Waals surface area (Å²) in [6.45, 7) is 2.18. The van der Waals surface area contributed by atoms with E-state index in [1.54, 1.807) is 12.3 Å². The van der Waals surface area contributed by atoms with E-state index in [1.165, 1.54) is 34.3 Å². The van der Waals surface area contributed by atoms with Crippen LogP contribution in [-0.4, -0.2) is 60.1 Å². The van der Waals surface area contributed by atoms with Gasteiger partial charge in [-0.3, -0.25) is 0 Å². The van der Waals surface area contributed by atoms with E-state index in [-0.39, 0.29) is 0 Å². The van der Waals surface area contributed by atoms with Crippen LogP contribution in [0.3, 0.4) is 0 Å². The van der Waals surface area contributed by atoms with Crippen molar-refractivity contribution in [3.05, 3.63) is 54.6 Å². The molecule has 1 fully saturated rings. The number of rotatable bonds is 6. The van der Waals surface area contributed by atoms with Crippen LogP contribution < -0.4 is 21.7 Å². The molecule has 0 radical (unpaired) electrons. The molecule has 168 valence electrons. The number of anilines is 3. The maximum atomic E-state index is 11.7. The van der Waals surface area contributed by atoms with Gasteiger partial charge in [-0.05, 0) is 30.5 Å². The van der Waals surface area contributed by atoms with Crippen molar-refractivity contribution in [1.29, 1.82) is 0 Å². The summed E-state index contributed by atoms with van der Waals surface area (Å²) in [6.07, 6.45) is 7.54. The van der Waals surface area contributed by atoms with Gasteiger partial charge in [-0.2, -0.15) is 4.31 Å². The molecule has 5 N–H and O–H groups in total. The van der Waals surface area contributed by atoms with E-state index in [9.17, 15) is 8.42 Å². The van der Waals surface area contributed by atoms with Gasteiger partial charge in [0.05, 0.1) is 11.9 Å². The molecule has 4 rings (SSSR count). The highest BCUT2D eigenvalue weighted by Crippen LogP contribution is 2.29. The third-order valence-corrected chi connectivity index (χ3v) is 7.24. The summed E-state index contributed by atoms with van der Waals surface area (Å²) in [4.78, 5) is 16.5. The zero-order valence-electron chi connectivity index (χ0n) is 17.5. The second-order valence-electron chi connectivity index (χ2n) is 7.19. The van der Waals surface area contributed by atoms with Gasteiger partial charge in [0.15, 0.2) is 5.13 Å². The number of piperazine rings is 1. The third kappa shape index (κ3) is 4.82. The normalized spacial score (nSPS) is 16.2. The molecule has 0 saturated carbocycles. The Labute approximate surface area is 190 Å². The summed E-state index contributed by atoms with van der Waals surface area (Å²) in [5, 5.41) is 3.91. The Bertz CT molecular complexity index is 1280. The van der Waals surface area contributed by atoms with Crippen LogP contribution in [0.1, 0.15) is 5.69 Å². The van der Waals surface area contributed by atoms with Gasteiger partial charge in [0.1, 0.15) is 16.2 Å². The Morgan fingerprint density at radius 1 is 1.16 bits per heavy atom. The fourth-order valence-corrected chi connectivity index (χ4v) is 5.10. The zero-order chi connectivity index (χ0) is 22.7. The molecule has 12 heteroatoms. The standard InChI is InChI=1S/C20H24N8O2S2/c1-32(29,30)28-10-8-27(9-11-28)15-5-7-23-18(12-15)26-20-25-17-3-2-16(24-19(17)31-20)14(13-22)4-6-21/h2-7,12-13H,8-11,21-22H2,1H3,(H,23,25,26)/b6-4-,14-13+. The Kier molecular flexibility index (Phi) is 6.26. The van der Waals surface area contributed by atoms with Gasteiger partial charge in [0.25, 0.3) is 0 Å². The van der Waals surface area contributed by atoms with Crippen molar-refractivity contribution in [1.82, 2.24) is 19.3 Å². The highest BCUT2D eigenvalue weighted by Gasteiger charge is 2.23. The van der Waals surface area contributed by atoms with Crippen molar-refractivity contribution < 1.29 is 8.42 Å². The molecule has 3 aromatic rings. The molecule has 1 aliphatic rings. The van der Waals surface area contributed by atoms with E-state index in [0.717, 1.165) is 21.6 Å². The molecule has 0 atom stereocenters. The second kappa shape index (κ2) is 9.10. The fourth-order valence-electron chi connectivity index (χ4n) is 3.43. The number of sulfonamides is 1. The lowest BCUT2D eigenvalue weighted by Crippen LogP contribution is -2.48. The van der Waals surface area contributed by atoms with Gasteiger partial charge in [0.2, 0.25) is 10.0 Å². The van der Waals surface area contributed by atoms with Crippen molar-refractivity contribution in [2.45, 2.75) is 0 Å². The largest absolute Gasteiger partial charge is 0.405 e. The summed E-state index contributed by atoms with van der Waals surface area (Å²) in [7, 11) is -3.16. The monoisotopic (exact) mass is 472 g/mol. The Balaban J connectivity index is 1.50. The number of hydrogen-bond acceptors (Lipinski definition) is 10. The highest BCUT2D eigenvalue weighted by atomic mass is 32.2. The van der Waals surface area contributed by atoms with Crippen LogP contribution in [0.5, 0.6) is 0 Å². The number of nitrogens with zero attached hydrogens (tertiary/aromatic N) is 5. The lowest BCUT2D eigenvalue weighted by molar-refractivity contribution is 0.388. The van der Waals surface area contributed by atoms with Crippen LogP contribution in [0.25, 0.3) is 15.9 Å². The minimum Gasteiger partial charge on any atom is -0.405 e. The first kappa shape index (κ1) is 22.0. The van der Waals surface area contributed by atoms with E-state index >= 15 is 0 Å². The molecule has 0 amide bonds. The van der Waals surface area contributed by atoms with E-state index in [0.29, 0.717) is 42.8 Å². The van der Waals surface area contributed by atoms with Crippen LogP contribution in [-0.2, 0) is 10.0 Å². The maximum absolute atomic E-state index is 11.7. The molecule has 0 spiro atoms. The molecule has 0 aromatic carbocycles. The minimum absolute atomic E-state index is 0.467. The predicted octanol–water partition coefficient (Wildman–Crippen LogP) is 1.68. The quantitative estimate of drug-likeness (QED) is 0.456. The van der Waals surface area contributed by atoms with Gasteiger partial charge < -0.3 is 21.7 Å².